The zero-order valence-electron chi connectivity index (χ0n) is 8.51. The number of likely N-dealkylation sites (tertiary alicyclic amines) is 1. The van der Waals surface area contributed by atoms with E-state index in [4.69, 9.17) is 0 Å². The van der Waals surface area contributed by atoms with E-state index in [2.05, 4.69) is 0 Å². The molecule has 0 bridgehead atoms. The summed E-state index contributed by atoms with van der Waals surface area (Å²) in [7, 11) is 0. The summed E-state index contributed by atoms with van der Waals surface area (Å²) >= 11 is 0. The predicted molar refractivity (Wildman–Crippen MR) is 50.5 cm³/mol. The maximum Gasteiger partial charge on any atom is 0.253 e. The van der Waals surface area contributed by atoms with Crippen LogP contribution in [0.15, 0.2) is 0 Å². The second-order valence-electron chi connectivity index (χ2n) is 3.89. The van der Waals surface area contributed by atoms with Crippen LogP contribution in [-0.4, -0.2) is 36.2 Å². The van der Waals surface area contributed by atoms with Crippen LogP contribution in [0.4, 0.5) is 8.78 Å². The molecule has 0 amide bonds. The normalized spacial score (nSPS) is 24.1. The van der Waals surface area contributed by atoms with Crippen LogP contribution in [0.3, 0.4) is 0 Å². The molecular formula is C10H17F2NO. The van der Waals surface area contributed by atoms with Crippen molar-refractivity contribution in [3.05, 3.63) is 0 Å². The molecule has 0 aromatic rings. The van der Waals surface area contributed by atoms with E-state index >= 15 is 0 Å². The molecule has 0 aromatic heterocycles. The van der Waals surface area contributed by atoms with Crippen LogP contribution in [0, 0.1) is 0 Å². The van der Waals surface area contributed by atoms with Gasteiger partial charge in [0.1, 0.15) is 5.78 Å². The number of halogens is 2. The lowest BCUT2D eigenvalue weighted by atomic mass is 10.0. The number of carbonyl (C=O) groups excluding carboxylic acids is 1. The number of ketones is 1. The second-order valence-corrected chi connectivity index (χ2v) is 3.89. The number of Topliss-reactive ketones (excluding diaryl/α,β-unsaturated/α-hetero) is 1. The summed E-state index contributed by atoms with van der Waals surface area (Å²) in [6.45, 7) is 2.70. The molecule has 1 heterocycles. The summed E-state index contributed by atoms with van der Waals surface area (Å²) in [6.07, 6.45) is 0.535. The van der Waals surface area contributed by atoms with Crippen molar-refractivity contribution in [3.63, 3.8) is 0 Å². The molecule has 1 fully saturated rings. The van der Waals surface area contributed by atoms with Gasteiger partial charge >= 0.3 is 0 Å². The van der Waals surface area contributed by atoms with Gasteiger partial charge in [0.05, 0.1) is 6.04 Å². The van der Waals surface area contributed by atoms with E-state index < -0.39 is 12.5 Å². The van der Waals surface area contributed by atoms with Gasteiger partial charge in [0.2, 0.25) is 0 Å². The van der Waals surface area contributed by atoms with E-state index in [0.717, 1.165) is 12.8 Å². The SMILES string of the molecule is CC(=O)CCN1CCCCC1C(F)F. The summed E-state index contributed by atoms with van der Waals surface area (Å²) < 4.78 is 25.1. The Morgan fingerprint density at radius 2 is 2.21 bits per heavy atom. The van der Waals surface area contributed by atoms with Gasteiger partial charge in [-0.15, -0.1) is 0 Å². The van der Waals surface area contributed by atoms with Crippen LogP contribution >= 0.6 is 0 Å². The van der Waals surface area contributed by atoms with Gasteiger partial charge in [-0.3, -0.25) is 9.69 Å². The highest BCUT2D eigenvalue weighted by atomic mass is 19.3. The Morgan fingerprint density at radius 3 is 2.79 bits per heavy atom. The first-order valence-electron chi connectivity index (χ1n) is 5.13. The second kappa shape index (κ2) is 5.39. The molecule has 14 heavy (non-hydrogen) atoms. The van der Waals surface area contributed by atoms with Gasteiger partial charge in [0, 0.05) is 13.0 Å². The first-order chi connectivity index (χ1) is 6.61. The van der Waals surface area contributed by atoms with E-state index in [1.807, 2.05) is 0 Å². The fourth-order valence-corrected chi connectivity index (χ4v) is 1.88. The molecule has 1 unspecified atom stereocenters. The van der Waals surface area contributed by atoms with Gasteiger partial charge in [-0.2, -0.15) is 0 Å². The molecule has 2 nitrogen and oxygen atoms in total. The molecule has 0 saturated carbocycles. The van der Waals surface area contributed by atoms with Gasteiger partial charge in [0.15, 0.2) is 0 Å². The first-order valence-corrected chi connectivity index (χ1v) is 5.13. The van der Waals surface area contributed by atoms with Gasteiger partial charge in [-0.1, -0.05) is 6.42 Å². The summed E-state index contributed by atoms with van der Waals surface area (Å²) in [4.78, 5) is 12.5. The molecule has 0 aromatic carbocycles. The van der Waals surface area contributed by atoms with Crippen molar-refractivity contribution in [2.24, 2.45) is 0 Å². The zero-order chi connectivity index (χ0) is 10.6. The van der Waals surface area contributed by atoms with Crippen molar-refractivity contribution in [2.45, 2.75) is 45.1 Å². The number of hydrogen-bond acceptors (Lipinski definition) is 2. The quantitative estimate of drug-likeness (QED) is 0.700. The minimum Gasteiger partial charge on any atom is -0.300 e. The highest BCUT2D eigenvalue weighted by Crippen LogP contribution is 2.22. The van der Waals surface area contributed by atoms with Crippen molar-refractivity contribution in [2.75, 3.05) is 13.1 Å². The number of rotatable bonds is 4. The smallest absolute Gasteiger partial charge is 0.253 e. The lowest BCUT2D eigenvalue weighted by molar-refractivity contribution is -0.117. The Kier molecular flexibility index (Phi) is 4.45. The predicted octanol–water partition coefficient (Wildman–Crippen LogP) is 2.09. The molecule has 0 spiro atoms. The standard InChI is InChI=1S/C10H17F2NO/c1-8(14)5-7-13-6-3-2-4-9(13)10(11)12/h9-10H,2-7H2,1H3. The largest absolute Gasteiger partial charge is 0.300 e. The Morgan fingerprint density at radius 1 is 1.50 bits per heavy atom. The third kappa shape index (κ3) is 3.33. The molecule has 82 valence electrons. The van der Waals surface area contributed by atoms with Crippen molar-refractivity contribution in [1.82, 2.24) is 4.90 Å². The molecule has 1 rings (SSSR count). The number of alkyl halides is 2. The molecule has 0 radical (unpaired) electrons. The third-order valence-electron chi connectivity index (χ3n) is 2.71. The summed E-state index contributed by atoms with van der Waals surface area (Å²) in [6, 6.07) is -0.622. The molecule has 1 aliphatic rings. The average Bonchev–Trinajstić information content (AvgIpc) is 2.15. The van der Waals surface area contributed by atoms with Crippen molar-refractivity contribution >= 4 is 5.78 Å². The Hall–Kier alpha value is -0.510. The lowest BCUT2D eigenvalue weighted by Gasteiger charge is -2.34. The van der Waals surface area contributed by atoms with Crippen LogP contribution < -0.4 is 0 Å². The topological polar surface area (TPSA) is 20.3 Å². The fourth-order valence-electron chi connectivity index (χ4n) is 1.88. The number of hydrogen-bond donors (Lipinski definition) is 0. The van der Waals surface area contributed by atoms with Gasteiger partial charge in [-0.05, 0) is 26.3 Å². The highest BCUT2D eigenvalue weighted by molar-refractivity contribution is 5.75. The molecule has 0 N–H and O–H groups in total. The molecule has 1 aliphatic heterocycles. The Labute approximate surface area is 83.3 Å². The molecule has 1 saturated heterocycles. The van der Waals surface area contributed by atoms with Crippen LogP contribution in [0.5, 0.6) is 0 Å². The van der Waals surface area contributed by atoms with Crippen LogP contribution in [0.1, 0.15) is 32.6 Å². The molecule has 1 atom stereocenters. The monoisotopic (exact) mass is 205 g/mol. The van der Waals surface area contributed by atoms with E-state index in [-0.39, 0.29) is 5.78 Å². The van der Waals surface area contributed by atoms with E-state index in [0.29, 0.717) is 25.9 Å². The first kappa shape index (κ1) is 11.6. The fraction of sp³-hybridized carbons (Fsp3) is 0.900. The highest BCUT2D eigenvalue weighted by Gasteiger charge is 2.29. The van der Waals surface area contributed by atoms with E-state index in [9.17, 15) is 13.6 Å². The van der Waals surface area contributed by atoms with Gasteiger partial charge in [-0.25, -0.2) is 8.78 Å². The maximum atomic E-state index is 12.6. The van der Waals surface area contributed by atoms with Crippen molar-refractivity contribution < 1.29 is 13.6 Å². The maximum absolute atomic E-state index is 12.6. The molecular weight excluding hydrogens is 188 g/mol. The Bertz CT molecular complexity index is 197. The van der Waals surface area contributed by atoms with Crippen LogP contribution in [-0.2, 0) is 4.79 Å². The third-order valence-corrected chi connectivity index (χ3v) is 2.71. The number of piperidine rings is 1. The van der Waals surface area contributed by atoms with Crippen molar-refractivity contribution in [1.29, 1.82) is 0 Å². The lowest BCUT2D eigenvalue weighted by Crippen LogP contribution is -2.44. The number of nitrogens with zero attached hydrogens (tertiary/aromatic N) is 1. The molecule has 0 aliphatic carbocycles. The Balaban J connectivity index is 2.41. The minimum absolute atomic E-state index is 0.0728. The van der Waals surface area contributed by atoms with Crippen molar-refractivity contribution in [3.8, 4) is 0 Å². The minimum atomic E-state index is -2.28. The van der Waals surface area contributed by atoms with Gasteiger partial charge in [0.25, 0.3) is 6.43 Å². The van der Waals surface area contributed by atoms with Gasteiger partial charge < -0.3 is 0 Å². The van der Waals surface area contributed by atoms with Crippen LogP contribution in [0.2, 0.25) is 0 Å². The van der Waals surface area contributed by atoms with Crippen LogP contribution in [0.25, 0.3) is 0 Å². The summed E-state index contributed by atoms with van der Waals surface area (Å²) in [5, 5.41) is 0. The summed E-state index contributed by atoms with van der Waals surface area (Å²) in [5.74, 6) is 0.0728. The summed E-state index contributed by atoms with van der Waals surface area (Å²) in [5.41, 5.74) is 0. The number of carbonyl (C=O) groups is 1. The van der Waals surface area contributed by atoms with E-state index in [1.54, 1.807) is 4.90 Å². The van der Waals surface area contributed by atoms with E-state index in [1.165, 1.54) is 6.92 Å². The zero-order valence-corrected chi connectivity index (χ0v) is 8.51. The molecule has 4 heteroatoms. The average molecular weight is 205 g/mol.